The molecule has 2 aliphatic carbocycles. The molecule has 0 aromatic heterocycles. The summed E-state index contributed by atoms with van der Waals surface area (Å²) in [5, 5.41) is 9.53. The number of hydrogen-bond donors (Lipinski definition) is 1. The first-order valence-electron chi connectivity index (χ1n) is 5.47. The van der Waals surface area contributed by atoms with Gasteiger partial charge in [0.1, 0.15) is 0 Å². The van der Waals surface area contributed by atoms with E-state index >= 15 is 0 Å². The van der Waals surface area contributed by atoms with Gasteiger partial charge in [-0.05, 0) is 25.3 Å². The van der Waals surface area contributed by atoms with Crippen LogP contribution in [0.25, 0.3) is 0 Å². The van der Waals surface area contributed by atoms with E-state index in [1.807, 2.05) is 12.2 Å². The molecule has 0 aromatic carbocycles. The van der Waals surface area contributed by atoms with Crippen molar-refractivity contribution in [2.45, 2.75) is 25.7 Å². The SMILES string of the molecule is O=C1C=C(C2(CO)C=CCC=C2)CCC1. The third kappa shape index (κ3) is 1.95. The molecule has 0 unspecified atom stereocenters. The third-order valence-corrected chi connectivity index (χ3v) is 3.17. The lowest BCUT2D eigenvalue weighted by Gasteiger charge is -2.31. The van der Waals surface area contributed by atoms with Crippen LogP contribution in [0.15, 0.2) is 36.0 Å². The molecule has 2 nitrogen and oxygen atoms in total. The first-order chi connectivity index (χ1) is 7.27. The maximum atomic E-state index is 11.4. The second kappa shape index (κ2) is 4.15. The average Bonchev–Trinajstić information content (AvgIpc) is 2.30. The fourth-order valence-corrected chi connectivity index (χ4v) is 2.27. The molecule has 0 heterocycles. The molecule has 0 aromatic rings. The average molecular weight is 204 g/mol. The number of hydrogen-bond acceptors (Lipinski definition) is 2. The van der Waals surface area contributed by atoms with Gasteiger partial charge in [0.15, 0.2) is 5.78 Å². The Kier molecular flexibility index (Phi) is 2.87. The minimum absolute atomic E-state index is 0.0547. The van der Waals surface area contributed by atoms with Gasteiger partial charge in [-0.2, -0.15) is 0 Å². The zero-order valence-electron chi connectivity index (χ0n) is 8.78. The van der Waals surface area contributed by atoms with Crippen LogP contribution in [0.3, 0.4) is 0 Å². The Labute approximate surface area is 90.0 Å². The van der Waals surface area contributed by atoms with Gasteiger partial charge in [0.2, 0.25) is 0 Å². The lowest BCUT2D eigenvalue weighted by Crippen LogP contribution is -2.26. The van der Waals surface area contributed by atoms with Crippen LogP contribution in [-0.2, 0) is 4.79 Å². The van der Waals surface area contributed by atoms with E-state index < -0.39 is 5.41 Å². The molecule has 0 saturated carbocycles. The molecule has 0 spiro atoms. The van der Waals surface area contributed by atoms with E-state index in [0.29, 0.717) is 6.42 Å². The molecule has 15 heavy (non-hydrogen) atoms. The molecule has 2 heteroatoms. The Morgan fingerprint density at radius 3 is 2.60 bits per heavy atom. The normalized spacial score (nSPS) is 24.1. The molecule has 0 saturated heterocycles. The largest absolute Gasteiger partial charge is 0.395 e. The number of carbonyl (C=O) groups is 1. The van der Waals surface area contributed by atoms with E-state index in [1.165, 1.54) is 0 Å². The molecular formula is C13H16O2. The van der Waals surface area contributed by atoms with Crippen LogP contribution in [0, 0.1) is 5.41 Å². The van der Waals surface area contributed by atoms with Gasteiger partial charge in [0.05, 0.1) is 12.0 Å². The molecule has 0 aliphatic heterocycles. The number of aliphatic hydroxyl groups is 1. The van der Waals surface area contributed by atoms with Crippen LogP contribution in [0.5, 0.6) is 0 Å². The second-order valence-electron chi connectivity index (χ2n) is 4.23. The minimum atomic E-state index is -0.395. The topological polar surface area (TPSA) is 37.3 Å². The standard InChI is InChI=1S/C13H16O2/c14-10-13(7-2-1-3-8-13)11-5-4-6-12(15)9-11/h2-3,7-9,14H,1,4-6,10H2. The van der Waals surface area contributed by atoms with E-state index in [0.717, 1.165) is 24.8 Å². The van der Waals surface area contributed by atoms with Gasteiger partial charge in [-0.25, -0.2) is 0 Å². The van der Waals surface area contributed by atoms with Crippen LogP contribution >= 0.6 is 0 Å². The third-order valence-electron chi connectivity index (χ3n) is 3.17. The Bertz CT molecular complexity index is 336. The summed E-state index contributed by atoms with van der Waals surface area (Å²) in [6, 6.07) is 0. The molecule has 0 radical (unpaired) electrons. The summed E-state index contributed by atoms with van der Waals surface area (Å²) >= 11 is 0. The smallest absolute Gasteiger partial charge is 0.155 e. The minimum Gasteiger partial charge on any atom is -0.395 e. The van der Waals surface area contributed by atoms with Crippen LogP contribution in [0.2, 0.25) is 0 Å². The summed E-state index contributed by atoms with van der Waals surface area (Å²) in [5.74, 6) is 0.191. The van der Waals surface area contributed by atoms with Crippen molar-refractivity contribution in [2.75, 3.05) is 6.61 Å². The summed E-state index contributed by atoms with van der Waals surface area (Å²) in [6.07, 6.45) is 13.3. The molecular weight excluding hydrogens is 188 g/mol. The number of ketones is 1. The van der Waals surface area contributed by atoms with Gasteiger partial charge in [0, 0.05) is 6.42 Å². The first-order valence-corrected chi connectivity index (χ1v) is 5.47. The van der Waals surface area contributed by atoms with Gasteiger partial charge < -0.3 is 5.11 Å². The molecule has 2 aliphatic rings. The lowest BCUT2D eigenvalue weighted by molar-refractivity contribution is -0.115. The second-order valence-corrected chi connectivity index (χ2v) is 4.23. The molecule has 80 valence electrons. The number of allylic oxidation sites excluding steroid dienone is 3. The number of rotatable bonds is 2. The van der Waals surface area contributed by atoms with Crippen molar-refractivity contribution in [3.8, 4) is 0 Å². The van der Waals surface area contributed by atoms with Gasteiger partial charge in [0.25, 0.3) is 0 Å². The monoisotopic (exact) mass is 204 g/mol. The zero-order chi connectivity index (χ0) is 10.7. The fraction of sp³-hybridized carbons (Fsp3) is 0.462. The summed E-state index contributed by atoms with van der Waals surface area (Å²) in [7, 11) is 0. The molecule has 1 N–H and O–H groups in total. The lowest BCUT2D eigenvalue weighted by atomic mass is 9.74. The van der Waals surface area contributed by atoms with Crippen molar-refractivity contribution in [3.05, 3.63) is 36.0 Å². The fourth-order valence-electron chi connectivity index (χ4n) is 2.27. The van der Waals surface area contributed by atoms with Crippen LogP contribution in [-0.4, -0.2) is 17.5 Å². The van der Waals surface area contributed by atoms with Gasteiger partial charge in [-0.15, -0.1) is 0 Å². The van der Waals surface area contributed by atoms with Crippen molar-refractivity contribution in [1.29, 1.82) is 0 Å². The Morgan fingerprint density at radius 1 is 1.27 bits per heavy atom. The molecule has 0 bridgehead atoms. The molecule has 0 atom stereocenters. The van der Waals surface area contributed by atoms with Crippen molar-refractivity contribution in [1.82, 2.24) is 0 Å². The summed E-state index contributed by atoms with van der Waals surface area (Å²) in [6.45, 7) is 0.0547. The molecule has 0 fully saturated rings. The maximum absolute atomic E-state index is 11.4. The van der Waals surface area contributed by atoms with E-state index in [9.17, 15) is 9.90 Å². The van der Waals surface area contributed by atoms with Crippen LogP contribution in [0.4, 0.5) is 0 Å². The highest BCUT2D eigenvalue weighted by molar-refractivity contribution is 5.91. The van der Waals surface area contributed by atoms with Crippen molar-refractivity contribution in [2.24, 2.45) is 5.41 Å². The molecule has 0 amide bonds. The predicted octanol–water partition coefficient (Wildman–Crippen LogP) is 2.16. The van der Waals surface area contributed by atoms with E-state index in [2.05, 4.69) is 12.2 Å². The van der Waals surface area contributed by atoms with Gasteiger partial charge in [-0.1, -0.05) is 29.9 Å². The number of aliphatic hydroxyl groups excluding tert-OH is 1. The van der Waals surface area contributed by atoms with Crippen LogP contribution in [0.1, 0.15) is 25.7 Å². The molecule has 2 rings (SSSR count). The highest BCUT2D eigenvalue weighted by Gasteiger charge is 2.30. The van der Waals surface area contributed by atoms with Crippen molar-refractivity contribution < 1.29 is 9.90 Å². The first kappa shape index (κ1) is 10.4. The predicted molar refractivity (Wildman–Crippen MR) is 59.4 cm³/mol. The van der Waals surface area contributed by atoms with Gasteiger partial charge >= 0.3 is 0 Å². The van der Waals surface area contributed by atoms with E-state index in [1.54, 1.807) is 6.08 Å². The van der Waals surface area contributed by atoms with E-state index in [-0.39, 0.29) is 12.4 Å². The van der Waals surface area contributed by atoms with Gasteiger partial charge in [-0.3, -0.25) is 4.79 Å². The Balaban J connectivity index is 2.33. The Hall–Kier alpha value is -1.15. The van der Waals surface area contributed by atoms with Crippen molar-refractivity contribution >= 4 is 5.78 Å². The zero-order valence-corrected chi connectivity index (χ0v) is 8.78. The maximum Gasteiger partial charge on any atom is 0.155 e. The summed E-state index contributed by atoms with van der Waals surface area (Å²) < 4.78 is 0. The summed E-state index contributed by atoms with van der Waals surface area (Å²) in [5.41, 5.74) is 0.669. The highest BCUT2D eigenvalue weighted by Crippen LogP contribution is 2.37. The summed E-state index contributed by atoms with van der Waals surface area (Å²) in [4.78, 5) is 11.4. The Morgan fingerprint density at radius 2 is 2.00 bits per heavy atom. The number of carbonyl (C=O) groups excluding carboxylic acids is 1. The van der Waals surface area contributed by atoms with E-state index in [4.69, 9.17) is 0 Å². The quantitative estimate of drug-likeness (QED) is 0.700. The highest BCUT2D eigenvalue weighted by atomic mass is 16.3. The van der Waals surface area contributed by atoms with Crippen molar-refractivity contribution in [3.63, 3.8) is 0 Å². The van der Waals surface area contributed by atoms with Crippen LogP contribution < -0.4 is 0 Å².